The number of aliphatic hydroxyl groups excluding tert-OH is 1. The van der Waals surface area contributed by atoms with E-state index in [4.69, 9.17) is 4.74 Å². The van der Waals surface area contributed by atoms with Crippen molar-refractivity contribution >= 4 is 15.9 Å². The lowest BCUT2D eigenvalue weighted by Gasteiger charge is -2.12. The second-order valence-electron chi connectivity index (χ2n) is 4.66. The van der Waals surface area contributed by atoms with Gasteiger partial charge in [0, 0.05) is 0 Å². The molecule has 0 amide bonds. The Balaban J connectivity index is 1.99. The predicted octanol–water partition coefficient (Wildman–Crippen LogP) is 3.74. The number of hydrogen-bond donors (Lipinski definition) is 1. The first-order chi connectivity index (χ1) is 9.58. The molecule has 4 heteroatoms. The van der Waals surface area contributed by atoms with Gasteiger partial charge in [0.2, 0.25) is 0 Å². The summed E-state index contributed by atoms with van der Waals surface area (Å²) in [6, 6.07) is 11.9. The van der Waals surface area contributed by atoms with Crippen molar-refractivity contribution < 1.29 is 14.2 Å². The minimum absolute atomic E-state index is 0.262. The molecule has 0 heterocycles. The van der Waals surface area contributed by atoms with Crippen molar-refractivity contribution in [3.05, 3.63) is 63.9 Å². The van der Waals surface area contributed by atoms with Crippen LogP contribution in [0.3, 0.4) is 0 Å². The van der Waals surface area contributed by atoms with E-state index in [1.807, 2.05) is 18.2 Å². The molecule has 2 aromatic carbocycles. The molecule has 1 unspecified atom stereocenters. The third-order valence-electron chi connectivity index (χ3n) is 3.07. The van der Waals surface area contributed by atoms with E-state index in [1.54, 1.807) is 19.2 Å². The van der Waals surface area contributed by atoms with Crippen LogP contribution in [0.4, 0.5) is 4.39 Å². The molecule has 106 valence electrons. The Labute approximate surface area is 126 Å². The number of rotatable bonds is 5. The summed E-state index contributed by atoms with van der Waals surface area (Å²) in [4.78, 5) is 0. The number of benzene rings is 2. The van der Waals surface area contributed by atoms with Gasteiger partial charge in [-0.3, -0.25) is 0 Å². The molecule has 0 saturated carbocycles. The van der Waals surface area contributed by atoms with Crippen LogP contribution in [0.25, 0.3) is 0 Å². The van der Waals surface area contributed by atoms with Gasteiger partial charge < -0.3 is 9.84 Å². The zero-order valence-corrected chi connectivity index (χ0v) is 12.7. The highest BCUT2D eigenvalue weighted by molar-refractivity contribution is 9.10. The van der Waals surface area contributed by atoms with Crippen molar-refractivity contribution in [2.24, 2.45) is 0 Å². The van der Waals surface area contributed by atoms with Gasteiger partial charge in [-0.15, -0.1) is 0 Å². The van der Waals surface area contributed by atoms with Crippen LogP contribution in [0.15, 0.2) is 46.9 Å². The molecule has 0 radical (unpaired) electrons. The number of methoxy groups -OCH3 is 1. The Morgan fingerprint density at radius 1 is 1.10 bits per heavy atom. The highest BCUT2D eigenvalue weighted by atomic mass is 79.9. The number of halogens is 2. The quantitative estimate of drug-likeness (QED) is 0.899. The van der Waals surface area contributed by atoms with Gasteiger partial charge >= 0.3 is 0 Å². The zero-order valence-electron chi connectivity index (χ0n) is 11.1. The van der Waals surface area contributed by atoms with Gasteiger partial charge in [0.25, 0.3) is 0 Å². The van der Waals surface area contributed by atoms with E-state index in [-0.39, 0.29) is 5.82 Å². The number of ether oxygens (including phenoxy) is 1. The van der Waals surface area contributed by atoms with Gasteiger partial charge in [0.05, 0.1) is 17.7 Å². The second kappa shape index (κ2) is 6.86. The van der Waals surface area contributed by atoms with Crippen LogP contribution in [0.5, 0.6) is 5.75 Å². The van der Waals surface area contributed by atoms with Crippen LogP contribution in [0.1, 0.15) is 11.1 Å². The fourth-order valence-electron chi connectivity index (χ4n) is 2.07. The fourth-order valence-corrected chi connectivity index (χ4v) is 2.66. The van der Waals surface area contributed by atoms with Crippen molar-refractivity contribution in [3.8, 4) is 5.75 Å². The average molecular weight is 339 g/mol. The lowest BCUT2D eigenvalue weighted by atomic mass is 10.0. The molecule has 0 aliphatic rings. The topological polar surface area (TPSA) is 29.5 Å². The summed E-state index contributed by atoms with van der Waals surface area (Å²) in [5, 5.41) is 10.1. The van der Waals surface area contributed by atoms with E-state index in [0.29, 0.717) is 12.8 Å². The lowest BCUT2D eigenvalue weighted by molar-refractivity contribution is 0.175. The molecule has 0 bridgehead atoms. The zero-order chi connectivity index (χ0) is 14.5. The maximum atomic E-state index is 12.8. The monoisotopic (exact) mass is 338 g/mol. The molecule has 1 N–H and O–H groups in total. The summed E-state index contributed by atoms with van der Waals surface area (Å²) in [5.41, 5.74) is 1.94. The van der Waals surface area contributed by atoms with Gasteiger partial charge in [-0.1, -0.05) is 18.2 Å². The van der Waals surface area contributed by atoms with Crippen LogP contribution in [-0.4, -0.2) is 18.3 Å². The largest absolute Gasteiger partial charge is 0.496 e. The normalized spacial score (nSPS) is 12.2. The van der Waals surface area contributed by atoms with Crippen LogP contribution in [-0.2, 0) is 12.8 Å². The van der Waals surface area contributed by atoms with Gasteiger partial charge in [0.1, 0.15) is 11.6 Å². The minimum Gasteiger partial charge on any atom is -0.496 e. The van der Waals surface area contributed by atoms with E-state index < -0.39 is 6.10 Å². The van der Waals surface area contributed by atoms with Crippen molar-refractivity contribution in [3.63, 3.8) is 0 Å². The molecule has 0 fully saturated rings. The van der Waals surface area contributed by atoms with Crippen LogP contribution in [0, 0.1) is 5.82 Å². The Bertz CT molecular complexity index is 569. The molecule has 2 aromatic rings. The van der Waals surface area contributed by atoms with E-state index in [2.05, 4.69) is 15.9 Å². The summed E-state index contributed by atoms with van der Waals surface area (Å²) >= 11 is 3.42. The van der Waals surface area contributed by atoms with Crippen LogP contribution < -0.4 is 4.74 Å². The smallest absolute Gasteiger partial charge is 0.133 e. The van der Waals surface area contributed by atoms with Gasteiger partial charge in [-0.25, -0.2) is 4.39 Å². The first-order valence-electron chi connectivity index (χ1n) is 6.33. The number of aliphatic hydroxyl groups is 1. The molecule has 0 aliphatic heterocycles. The summed E-state index contributed by atoms with van der Waals surface area (Å²) in [6.07, 6.45) is 0.546. The average Bonchev–Trinajstić information content (AvgIpc) is 2.41. The summed E-state index contributed by atoms with van der Waals surface area (Å²) in [5.74, 6) is 0.504. The third kappa shape index (κ3) is 4.05. The highest BCUT2D eigenvalue weighted by Crippen LogP contribution is 2.26. The van der Waals surface area contributed by atoms with E-state index in [1.165, 1.54) is 12.1 Å². The van der Waals surface area contributed by atoms with Gasteiger partial charge in [-0.2, -0.15) is 0 Å². The molecule has 1 atom stereocenters. The Kier molecular flexibility index (Phi) is 5.15. The second-order valence-corrected chi connectivity index (χ2v) is 5.51. The molecular formula is C16H16BrFO2. The molecule has 0 spiro atoms. The van der Waals surface area contributed by atoms with Crippen molar-refractivity contribution in [1.82, 2.24) is 0 Å². The van der Waals surface area contributed by atoms with E-state index in [9.17, 15) is 9.50 Å². The summed E-state index contributed by atoms with van der Waals surface area (Å²) < 4.78 is 18.8. The van der Waals surface area contributed by atoms with Crippen molar-refractivity contribution in [2.75, 3.05) is 7.11 Å². The van der Waals surface area contributed by atoms with E-state index in [0.717, 1.165) is 21.3 Å². The maximum Gasteiger partial charge on any atom is 0.133 e. The van der Waals surface area contributed by atoms with Gasteiger partial charge in [0.15, 0.2) is 0 Å². The number of hydrogen-bond acceptors (Lipinski definition) is 2. The Morgan fingerprint density at radius 3 is 2.30 bits per heavy atom. The van der Waals surface area contributed by atoms with Crippen molar-refractivity contribution in [1.29, 1.82) is 0 Å². The fraction of sp³-hybridized carbons (Fsp3) is 0.250. The third-order valence-corrected chi connectivity index (χ3v) is 3.69. The first kappa shape index (κ1) is 15.0. The molecule has 0 aliphatic carbocycles. The van der Waals surface area contributed by atoms with Crippen LogP contribution >= 0.6 is 15.9 Å². The minimum atomic E-state index is -0.499. The van der Waals surface area contributed by atoms with Crippen LogP contribution in [0.2, 0.25) is 0 Å². The summed E-state index contributed by atoms with van der Waals surface area (Å²) in [6.45, 7) is 0. The lowest BCUT2D eigenvalue weighted by Crippen LogP contribution is -2.14. The van der Waals surface area contributed by atoms with Crippen molar-refractivity contribution in [2.45, 2.75) is 18.9 Å². The molecular weight excluding hydrogens is 323 g/mol. The molecule has 2 rings (SSSR count). The SMILES string of the molecule is COc1ccc(CC(O)Cc2ccc(F)cc2)cc1Br. The molecule has 2 nitrogen and oxygen atoms in total. The van der Waals surface area contributed by atoms with Gasteiger partial charge in [-0.05, 0) is 64.2 Å². The highest BCUT2D eigenvalue weighted by Gasteiger charge is 2.09. The molecule has 0 saturated heterocycles. The van der Waals surface area contributed by atoms with E-state index >= 15 is 0 Å². The standard InChI is InChI=1S/C16H16BrFO2/c1-20-16-7-4-12(10-15(16)17)9-14(19)8-11-2-5-13(18)6-3-11/h2-7,10,14,19H,8-9H2,1H3. The Morgan fingerprint density at radius 2 is 1.70 bits per heavy atom. The molecule has 0 aromatic heterocycles. The Hall–Kier alpha value is -1.39. The summed E-state index contributed by atoms with van der Waals surface area (Å²) in [7, 11) is 1.61. The maximum absolute atomic E-state index is 12.8. The predicted molar refractivity (Wildman–Crippen MR) is 80.5 cm³/mol. The first-order valence-corrected chi connectivity index (χ1v) is 7.12. The molecule has 20 heavy (non-hydrogen) atoms.